The van der Waals surface area contributed by atoms with E-state index in [2.05, 4.69) is 6.92 Å². The topological polar surface area (TPSA) is 120 Å². The van der Waals surface area contributed by atoms with Crippen molar-refractivity contribution in [3.8, 4) is 0 Å². The van der Waals surface area contributed by atoms with Gasteiger partial charge >= 0.3 is 0 Å². The zero-order chi connectivity index (χ0) is 15.8. The van der Waals surface area contributed by atoms with Gasteiger partial charge in [0.25, 0.3) is 0 Å². The third-order valence-corrected chi connectivity index (χ3v) is 3.69. The Bertz CT molecular complexity index is 274. The Hall–Kier alpha value is -0.280. The second-order valence-electron chi connectivity index (χ2n) is 5.49. The Kier molecular flexibility index (Phi) is 8.65. The minimum Gasteiger partial charge on any atom is -0.394 e. The maximum Gasteiger partial charge on any atom is 0.189 e. The minimum absolute atomic E-state index is 0.402. The van der Waals surface area contributed by atoms with Crippen molar-refractivity contribution in [2.75, 3.05) is 6.61 Å². The normalized spacial score (nSPS) is 34.9. The Labute approximate surface area is 125 Å². The largest absolute Gasteiger partial charge is 0.394 e. The summed E-state index contributed by atoms with van der Waals surface area (Å²) < 4.78 is 10.3. The van der Waals surface area contributed by atoms with E-state index in [1.807, 2.05) is 0 Å². The molecule has 5 N–H and O–H groups in total. The molecule has 0 spiro atoms. The number of hydrogen-bond donors (Lipinski definition) is 5. The van der Waals surface area contributed by atoms with Gasteiger partial charge in [0, 0.05) is 0 Å². The van der Waals surface area contributed by atoms with Gasteiger partial charge in [0.1, 0.15) is 24.4 Å². The molecule has 21 heavy (non-hydrogen) atoms. The van der Waals surface area contributed by atoms with Crippen molar-refractivity contribution in [3.05, 3.63) is 0 Å². The Balaban J connectivity index is 2.34. The van der Waals surface area contributed by atoms with E-state index in [0.29, 0.717) is 6.42 Å². The van der Waals surface area contributed by atoms with Crippen LogP contribution in [0.15, 0.2) is 0 Å². The summed E-state index contributed by atoms with van der Waals surface area (Å²) in [4.78, 5) is 0. The molecule has 0 amide bonds. The second-order valence-corrected chi connectivity index (χ2v) is 5.49. The van der Waals surface area contributed by atoms with Crippen LogP contribution in [0.2, 0.25) is 0 Å². The summed E-state index contributed by atoms with van der Waals surface area (Å²) in [6, 6.07) is 0. The van der Waals surface area contributed by atoms with E-state index in [4.69, 9.17) is 14.6 Å². The Morgan fingerprint density at radius 3 is 2.29 bits per heavy atom. The van der Waals surface area contributed by atoms with E-state index < -0.39 is 43.6 Å². The third-order valence-electron chi connectivity index (χ3n) is 3.69. The van der Waals surface area contributed by atoms with E-state index in [9.17, 15) is 20.4 Å². The summed E-state index contributed by atoms with van der Waals surface area (Å²) in [5.41, 5.74) is 0. The van der Waals surface area contributed by atoms with Crippen molar-refractivity contribution in [2.45, 2.75) is 82.4 Å². The summed E-state index contributed by atoms with van der Waals surface area (Å²) in [6.07, 6.45) is -2.22. The van der Waals surface area contributed by atoms with Crippen LogP contribution >= 0.6 is 0 Å². The fourth-order valence-electron chi connectivity index (χ4n) is 2.33. The van der Waals surface area contributed by atoms with E-state index in [1.165, 1.54) is 0 Å². The van der Waals surface area contributed by atoms with Crippen LogP contribution in [0, 0.1) is 0 Å². The van der Waals surface area contributed by atoms with Crippen LogP contribution in [0.3, 0.4) is 0 Å². The molecule has 7 heteroatoms. The second kappa shape index (κ2) is 9.68. The number of ether oxygens (including phenoxy) is 2. The van der Waals surface area contributed by atoms with Crippen LogP contribution in [0.5, 0.6) is 0 Å². The molecule has 0 aliphatic carbocycles. The molecular weight excluding hydrogens is 280 g/mol. The molecule has 0 aromatic heterocycles. The smallest absolute Gasteiger partial charge is 0.189 e. The number of aliphatic hydroxyl groups is 5. The summed E-state index contributed by atoms with van der Waals surface area (Å²) in [6.45, 7) is 1.61. The average Bonchev–Trinajstić information content (AvgIpc) is 2.47. The lowest BCUT2D eigenvalue weighted by Crippen LogP contribution is -2.59. The lowest BCUT2D eigenvalue weighted by Gasteiger charge is -2.40. The van der Waals surface area contributed by atoms with Gasteiger partial charge in [-0.1, -0.05) is 32.6 Å². The molecule has 7 nitrogen and oxygen atoms in total. The average molecular weight is 308 g/mol. The molecule has 6 unspecified atom stereocenters. The van der Waals surface area contributed by atoms with Crippen molar-refractivity contribution < 1.29 is 35.0 Å². The van der Waals surface area contributed by atoms with Gasteiger partial charge in [-0.3, -0.25) is 0 Å². The molecule has 1 aliphatic rings. The van der Waals surface area contributed by atoms with Crippen LogP contribution in [-0.2, 0) is 9.47 Å². The summed E-state index contributed by atoms with van der Waals surface area (Å²) in [7, 11) is 0. The van der Waals surface area contributed by atoms with Crippen LogP contribution in [0.25, 0.3) is 0 Å². The van der Waals surface area contributed by atoms with Crippen molar-refractivity contribution in [3.63, 3.8) is 0 Å². The van der Waals surface area contributed by atoms with Gasteiger partial charge in [0.05, 0.1) is 6.61 Å². The van der Waals surface area contributed by atoms with Crippen molar-refractivity contribution in [1.82, 2.24) is 0 Å². The van der Waals surface area contributed by atoms with E-state index >= 15 is 0 Å². The Morgan fingerprint density at radius 1 is 1.00 bits per heavy atom. The highest BCUT2D eigenvalue weighted by atomic mass is 16.7. The predicted octanol–water partition coefficient (Wildman–Crippen LogP) is -0.518. The van der Waals surface area contributed by atoms with Crippen LogP contribution in [0.4, 0.5) is 0 Å². The minimum atomic E-state index is -1.49. The molecular formula is C14H28O7. The molecule has 6 atom stereocenters. The molecule has 0 bridgehead atoms. The fraction of sp³-hybridized carbons (Fsp3) is 1.00. The number of aliphatic hydroxyl groups excluding tert-OH is 5. The summed E-state index contributed by atoms with van der Waals surface area (Å²) >= 11 is 0. The molecule has 1 saturated heterocycles. The van der Waals surface area contributed by atoms with Crippen molar-refractivity contribution in [1.29, 1.82) is 0 Å². The van der Waals surface area contributed by atoms with Crippen molar-refractivity contribution in [2.24, 2.45) is 0 Å². The predicted molar refractivity (Wildman–Crippen MR) is 74.2 cm³/mol. The van der Waals surface area contributed by atoms with E-state index in [0.717, 1.165) is 32.1 Å². The van der Waals surface area contributed by atoms with Gasteiger partial charge in [-0.05, 0) is 12.8 Å². The first-order valence-corrected chi connectivity index (χ1v) is 7.65. The number of hydrogen-bond acceptors (Lipinski definition) is 7. The first kappa shape index (κ1) is 18.8. The number of unbranched alkanes of at least 4 members (excludes halogenated alkanes) is 4. The maximum atomic E-state index is 9.77. The highest BCUT2D eigenvalue weighted by Gasteiger charge is 2.44. The van der Waals surface area contributed by atoms with Gasteiger partial charge in [0.15, 0.2) is 12.6 Å². The van der Waals surface area contributed by atoms with Crippen LogP contribution in [0.1, 0.15) is 45.4 Å². The van der Waals surface area contributed by atoms with E-state index in [-0.39, 0.29) is 0 Å². The fourth-order valence-corrected chi connectivity index (χ4v) is 2.33. The molecule has 126 valence electrons. The number of rotatable bonds is 9. The maximum absolute atomic E-state index is 9.77. The molecule has 0 saturated carbocycles. The highest BCUT2D eigenvalue weighted by Crippen LogP contribution is 2.23. The molecule has 1 aliphatic heterocycles. The zero-order valence-corrected chi connectivity index (χ0v) is 12.5. The lowest BCUT2D eigenvalue weighted by molar-refractivity contribution is -0.332. The van der Waals surface area contributed by atoms with E-state index in [1.54, 1.807) is 0 Å². The standard InChI is InChI=1S/C14H28O7/c1-2-3-4-5-6-7-10(16)21-14-13(19)12(18)11(17)9(8-15)20-14/h9-19H,2-8H2,1H3. The molecule has 1 fully saturated rings. The molecule has 1 heterocycles. The Morgan fingerprint density at radius 2 is 1.67 bits per heavy atom. The van der Waals surface area contributed by atoms with Crippen molar-refractivity contribution >= 4 is 0 Å². The van der Waals surface area contributed by atoms with Gasteiger partial charge in [-0.15, -0.1) is 0 Å². The first-order chi connectivity index (χ1) is 10.0. The monoisotopic (exact) mass is 308 g/mol. The van der Waals surface area contributed by atoms with Gasteiger partial charge in [-0.25, -0.2) is 0 Å². The third kappa shape index (κ3) is 5.78. The SMILES string of the molecule is CCCCCCCC(O)OC1OC(CO)C(O)C(O)C1O. The van der Waals surface area contributed by atoms with Crippen LogP contribution < -0.4 is 0 Å². The lowest BCUT2D eigenvalue weighted by atomic mass is 9.99. The molecule has 0 aromatic rings. The summed E-state index contributed by atoms with van der Waals surface area (Å²) in [5, 5.41) is 47.8. The van der Waals surface area contributed by atoms with Gasteiger partial charge in [0.2, 0.25) is 0 Å². The molecule has 0 radical (unpaired) electrons. The molecule has 0 aromatic carbocycles. The quantitative estimate of drug-likeness (QED) is 0.287. The highest BCUT2D eigenvalue weighted by molar-refractivity contribution is 4.88. The van der Waals surface area contributed by atoms with Gasteiger partial charge < -0.3 is 35.0 Å². The first-order valence-electron chi connectivity index (χ1n) is 7.65. The van der Waals surface area contributed by atoms with Crippen LogP contribution in [-0.4, -0.2) is 69.1 Å². The zero-order valence-electron chi connectivity index (χ0n) is 12.5. The summed E-state index contributed by atoms with van der Waals surface area (Å²) in [5.74, 6) is 0. The van der Waals surface area contributed by atoms with Gasteiger partial charge in [-0.2, -0.15) is 0 Å². The molecule has 1 rings (SSSR count).